The third kappa shape index (κ3) is 3.21. The lowest BCUT2D eigenvalue weighted by atomic mass is 9.77. The molecule has 0 bridgehead atoms. The third-order valence-electron chi connectivity index (χ3n) is 6.01. The molecule has 2 aromatic rings. The van der Waals surface area contributed by atoms with Gasteiger partial charge in [-0.1, -0.05) is 6.92 Å². The molecule has 3 heterocycles. The van der Waals surface area contributed by atoms with Crippen molar-refractivity contribution in [3.05, 3.63) is 27.1 Å². The number of imide groups is 1. The summed E-state index contributed by atoms with van der Waals surface area (Å²) in [5.74, 6) is -0.487. The Morgan fingerprint density at radius 1 is 1.31 bits per heavy atom. The van der Waals surface area contributed by atoms with Crippen LogP contribution >= 0.6 is 11.3 Å². The summed E-state index contributed by atoms with van der Waals surface area (Å²) in [6, 6.07) is -0.565. The molecule has 154 valence electrons. The fraction of sp³-hybridized carbons (Fsp3) is 0.526. The molecule has 2 fully saturated rings. The van der Waals surface area contributed by atoms with Gasteiger partial charge in [0.25, 0.3) is 17.4 Å². The molecule has 1 saturated heterocycles. The number of nitrogens with one attached hydrogen (secondary N) is 2. The summed E-state index contributed by atoms with van der Waals surface area (Å²) in [5, 5.41) is 3.24. The molecule has 0 atom stereocenters. The fourth-order valence-corrected chi connectivity index (χ4v) is 5.03. The van der Waals surface area contributed by atoms with E-state index in [9.17, 15) is 19.2 Å². The smallest absolute Gasteiger partial charge is 0.323 e. The lowest BCUT2D eigenvalue weighted by molar-refractivity contribution is -0.135. The Balaban J connectivity index is 1.50. The second kappa shape index (κ2) is 6.94. The number of carbonyl (C=O) groups excluding carboxylic acids is 3. The maximum atomic E-state index is 12.9. The van der Waals surface area contributed by atoms with Crippen LogP contribution in [0.2, 0.25) is 0 Å². The number of rotatable bonds is 3. The zero-order chi connectivity index (χ0) is 20.9. The highest BCUT2D eigenvalue weighted by Gasteiger charge is 2.52. The number of thiophene rings is 1. The number of hydrogen-bond donors (Lipinski definition) is 2. The highest BCUT2D eigenvalue weighted by Crippen LogP contribution is 2.36. The van der Waals surface area contributed by atoms with E-state index in [-0.39, 0.29) is 11.5 Å². The van der Waals surface area contributed by atoms with Crippen LogP contribution in [0.5, 0.6) is 0 Å². The summed E-state index contributed by atoms with van der Waals surface area (Å²) >= 11 is 1.42. The first-order valence-electron chi connectivity index (χ1n) is 9.63. The van der Waals surface area contributed by atoms with Crippen molar-refractivity contribution in [3.8, 4) is 0 Å². The molecule has 2 N–H and O–H groups in total. The van der Waals surface area contributed by atoms with Crippen molar-refractivity contribution < 1.29 is 14.4 Å². The molecule has 2 aromatic heterocycles. The Labute approximate surface area is 171 Å². The molecule has 0 radical (unpaired) electrons. The van der Waals surface area contributed by atoms with Crippen molar-refractivity contribution in [1.82, 2.24) is 19.9 Å². The number of amides is 4. The summed E-state index contributed by atoms with van der Waals surface area (Å²) in [4.78, 5) is 57.1. The van der Waals surface area contributed by atoms with Crippen LogP contribution < -0.4 is 16.3 Å². The molecule has 9 nitrogen and oxygen atoms in total. The van der Waals surface area contributed by atoms with Gasteiger partial charge in [0, 0.05) is 4.88 Å². The molecule has 1 aliphatic carbocycles. The predicted molar refractivity (Wildman–Crippen MR) is 108 cm³/mol. The van der Waals surface area contributed by atoms with Crippen molar-refractivity contribution in [2.24, 2.45) is 5.92 Å². The quantitative estimate of drug-likeness (QED) is 0.737. The molecular formula is C19H23N5O4S. The van der Waals surface area contributed by atoms with Crippen LogP contribution in [-0.4, -0.2) is 44.5 Å². The van der Waals surface area contributed by atoms with Crippen molar-refractivity contribution in [2.45, 2.75) is 52.0 Å². The summed E-state index contributed by atoms with van der Waals surface area (Å²) in [6.45, 7) is 5.41. The van der Waals surface area contributed by atoms with Gasteiger partial charge in [-0.05, 0) is 51.0 Å². The summed E-state index contributed by atoms with van der Waals surface area (Å²) in [6.07, 6.45) is 4.11. The predicted octanol–water partition coefficient (Wildman–Crippen LogP) is 1.65. The van der Waals surface area contributed by atoms with Gasteiger partial charge in [-0.3, -0.25) is 24.7 Å². The van der Waals surface area contributed by atoms with Crippen LogP contribution in [0.1, 0.15) is 43.0 Å². The number of carbonyl (C=O) groups is 3. The Morgan fingerprint density at radius 2 is 2.00 bits per heavy atom. The zero-order valence-corrected chi connectivity index (χ0v) is 17.4. The van der Waals surface area contributed by atoms with Gasteiger partial charge in [-0.2, -0.15) is 0 Å². The number of hydrogen-bond acceptors (Lipinski definition) is 6. The van der Waals surface area contributed by atoms with Crippen LogP contribution in [0.15, 0.2) is 11.1 Å². The molecule has 0 aromatic carbocycles. The van der Waals surface area contributed by atoms with E-state index >= 15 is 0 Å². The highest BCUT2D eigenvalue weighted by molar-refractivity contribution is 7.18. The average Bonchev–Trinajstić information content (AvgIpc) is 3.09. The second-order valence-electron chi connectivity index (χ2n) is 8.00. The number of urea groups is 1. The topological polar surface area (TPSA) is 113 Å². The first-order valence-corrected chi connectivity index (χ1v) is 10.4. The molecular weight excluding hydrogens is 394 g/mol. The summed E-state index contributed by atoms with van der Waals surface area (Å²) in [5.41, 5.74) is 1.98. The van der Waals surface area contributed by atoms with E-state index in [0.717, 1.165) is 32.9 Å². The van der Waals surface area contributed by atoms with E-state index in [1.807, 2.05) is 13.8 Å². The standard InChI is InChI=1S/C19H23N5O4S/c1-10-4-6-19(7-5-10)17(27)23(18(28)21-19)8-13(25)22-24-9-20-15-14(16(24)26)11(2)12(3)29-15/h9-10H,4-8H2,1-3H3,(H,21,28)(H,22,25). The number of aromatic nitrogens is 2. The van der Waals surface area contributed by atoms with Crippen molar-refractivity contribution in [3.63, 3.8) is 0 Å². The van der Waals surface area contributed by atoms with Crippen molar-refractivity contribution in [2.75, 3.05) is 12.0 Å². The van der Waals surface area contributed by atoms with E-state index < -0.39 is 24.0 Å². The van der Waals surface area contributed by atoms with Crippen LogP contribution in [0.25, 0.3) is 10.2 Å². The Kier molecular flexibility index (Phi) is 4.68. The summed E-state index contributed by atoms with van der Waals surface area (Å²) in [7, 11) is 0. The monoisotopic (exact) mass is 417 g/mol. The minimum atomic E-state index is -0.896. The van der Waals surface area contributed by atoms with E-state index in [4.69, 9.17) is 0 Å². The molecule has 4 rings (SSSR count). The van der Waals surface area contributed by atoms with Crippen LogP contribution in [0.4, 0.5) is 4.79 Å². The van der Waals surface area contributed by atoms with Gasteiger partial charge >= 0.3 is 6.03 Å². The van der Waals surface area contributed by atoms with Gasteiger partial charge in [-0.15, -0.1) is 11.3 Å². The van der Waals surface area contributed by atoms with Crippen LogP contribution in [0, 0.1) is 19.8 Å². The van der Waals surface area contributed by atoms with Gasteiger partial charge in [0.1, 0.15) is 23.2 Å². The fourth-order valence-electron chi connectivity index (χ4n) is 4.04. The first-order chi connectivity index (χ1) is 13.7. The van der Waals surface area contributed by atoms with Gasteiger partial charge < -0.3 is 5.32 Å². The normalized spacial score (nSPS) is 24.4. The van der Waals surface area contributed by atoms with E-state index in [1.165, 1.54) is 17.7 Å². The third-order valence-corrected chi connectivity index (χ3v) is 7.13. The summed E-state index contributed by atoms with van der Waals surface area (Å²) < 4.78 is 1.00. The number of nitrogens with zero attached hydrogens (tertiary/aromatic N) is 3. The molecule has 29 heavy (non-hydrogen) atoms. The van der Waals surface area contributed by atoms with Gasteiger partial charge in [0.05, 0.1) is 5.39 Å². The van der Waals surface area contributed by atoms with E-state index in [2.05, 4.69) is 22.7 Å². The first kappa shape index (κ1) is 19.6. The lowest BCUT2D eigenvalue weighted by Gasteiger charge is -2.33. The van der Waals surface area contributed by atoms with Gasteiger partial charge in [0.15, 0.2) is 0 Å². The lowest BCUT2D eigenvalue weighted by Crippen LogP contribution is -2.50. The van der Waals surface area contributed by atoms with Gasteiger partial charge in [0.2, 0.25) is 0 Å². The molecule has 1 spiro atoms. The van der Waals surface area contributed by atoms with Crippen molar-refractivity contribution >= 4 is 39.4 Å². The van der Waals surface area contributed by atoms with E-state index in [0.29, 0.717) is 29.0 Å². The minimum absolute atomic E-state index is 0.366. The maximum absolute atomic E-state index is 12.9. The molecule has 1 aliphatic heterocycles. The molecule has 4 amide bonds. The zero-order valence-electron chi connectivity index (χ0n) is 16.6. The largest absolute Gasteiger partial charge is 0.325 e. The molecule has 0 unspecified atom stereocenters. The van der Waals surface area contributed by atoms with Gasteiger partial charge in [-0.25, -0.2) is 14.5 Å². The molecule has 1 saturated carbocycles. The maximum Gasteiger partial charge on any atom is 0.325 e. The second-order valence-corrected chi connectivity index (χ2v) is 9.21. The SMILES string of the molecule is Cc1sc2ncn(NC(=O)CN3C(=O)NC4(CCC(C)CC4)C3=O)c(=O)c2c1C. The number of fused-ring (bicyclic) bond motifs is 1. The molecule has 10 heteroatoms. The Bertz CT molecular complexity index is 1080. The minimum Gasteiger partial charge on any atom is -0.323 e. The Morgan fingerprint density at radius 3 is 2.69 bits per heavy atom. The molecule has 2 aliphatic rings. The van der Waals surface area contributed by atoms with E-state index in [1.54, 1.807) is 0 Å². The Hall–Kier alpha value is -2.75. The highest BCUT2D eigenvalue weighted by atomic mass is 32.1. The van der Waals surface area contributed by atoms with Crippen molar-refractivity contribution in [1.29, 1.82) is 0 Å². The average molecular weight is 417 g/mol. The number of aryl methyl sites for hydroxylation is 2. The van der Waals surface area contributed by atoms with Crippen LogP contribution in [-0.2, 0) is 9.59 Å². The van der Waals surface area contributed by atoms with Crippen LogP contribution in [0.3, 0.4) is 0 Å².